The first-order chi connectivity index (χ1) is 9.36. The zero-order chi connectivity index (χ0) is 14.8. The molecule has 2 aromatic rings. The Hall–Kier alpha value is -1.95. The summed E-state index contributed by atoms with van der Waals surface area (Å²) in [7, 11) is -3.45. The molecule has 0 saturated carbocycles. The van der Waals surface area contributed by atoms with Crippen molar-refractivity contribution in [3.8, 4) is 11.3 Å². The summed E-state index contributed by atoms with van der Waals surface area (Å²) in [5.74, 6) is 0.509. The molecular formula is C14H17N3O2S. The third kappa shape index (κ3) is 3.54. The van der Waals surface area contributed by atoms with Crippen LogP contribution < -0.4 is 5.32 Å². The summed E-state index contributed by atoms with van der Waals surface area (Å²) < 4.78 is 23.4. The number of benzene rings is 1. The van der Waals surface area contributed by atoms with E-state index in [2.05, 4.69) is 15.3 Å². The van der Waals surface area contributed by atoms with Crippen LogP contribution in [0.25, 0.3) is 11.3 Å². The fourth-order valence-electron chi connectivity index (χ4n) is 1.72. The first-order valence-electron chi connectivity index (χ1n) is 6.27. The molecule has 0 unspecified atom stereocenters. The summed E-state index contributed by atoms with van der Waals surface area (Å²) in [6.07, 6.45) is 1.11. The summed E-state index contributed by atoms with van der Waals surface area (Å²) in [5.41, 5.74) is 1.44. The van der Waals surface area contributed by atoms with Gasteiger partial charge in [0.2, 0.25) is 15.0 Å². The summed E-state index contributed by atoms with van der Waals surface area (Å²) >= 11 is 0. The largest absolute Gasteiger partial charge is 0.368 e. The highest BCUT2D eigenvalue weighted by atomic mass is 32.2. The number of rotatable bonds is 4. The Bertz CT molecular complexity index is 698. The van der Waals surface area contributed by atoms with E-state index in [0.29, 0.717) is 11.5 Å². The lowest BCUT2D eigenvalue weighted by molar-refractivity contribution is 0.593. The van der Waals surface area contributed by atoms with Crippen molar-refractivity contribution in [3.63, 3.8) is 0 Å². The van der Waals surface area contributed by atoms with Crippen LogP contribution in [0, 0.1) is 0 Å². The van der Waals surface area contributed by atoms with E-state index in [1.54, 1.807) is 6.07 Å². The molecule has 0 fully saturated rings. The summed E-state index contributed by atoms with van der Waals surface area (Å²) in [6, 6.07) is 11.3. The maximum atomic E-state index is 11.7. The van der Waals surface area contributed by atoms with Crippen molar-refractivity contribution >= 4 is 15.7 Å². The molecule has 0 atom stereocenters. The van der Waals surface area contributed by atoms with Crippen LogP contribution in [0.1, 0.15) is 13.8 Å². The molecule has 2 rings (SSSR count). The lowest BCUT2D eigenvalue weighted by Gasteiger charge is -2.11. The quantitative estimate of drug-likeness (QED) is 0.876. The Morgan fingerprint density at radius 1 is 1.10 bits per heavy atom. The molecular weight excluding hydrogens is 274 g/mol. The molecule has 0 amide bonds. The van der Waals surface area contributed by atoms with Gasteiger partial charge < -0.3 is 5.32 Å². The van der Waals surface area contributed by atoms with Crippen LogP contribution in [0.2, 0.25) is 0 Å². The van der Waals surface area contributed by atoms with Gasteiger partial charge in [-0.05, 0) is 13.8 Å². The third-order valence-electron chi connectivity index (χ3n) is 2.54. The van der Waals surface area contributed by atoms with E-state index in [0.717, 1.165) is 11.8 Å². The predicted octanol–water partition coefficient (Wildman–Crippen LogP) is 2.37. The minimum atomic E-state index is -3.45. The highest BCUT2D eigenvalue weighted by molar-refractivity contribution is 7.90. The molecule has 0 bridgehead atoms. The second kappa shape index (κ2) is 5.58. The molecule has 0 aliphatic rings. The number of nitrogens with zero attached hydrogens (tertiary/aromatic N) is 2. The lowest BCUT2D eigenvalue weighted by Crippen LogP contribution is -2.14. The fourth-order valence-corrected chi connectivity index (χ4v) is 2.25. The zero-order valence-corrected chi connectivity index (χ0v) is 12.5. The maximum absolute atomic E-state index is 11.7. The van der Waals surface area contributed by atoms with E-state index in [9.17, 15) is 8.42 Å². The minimum absolute atomic E-state index is 0.154. The molecule has 20 heavy (non-hydrogen) atoms. The second-order valence-electron chi connectivity index (χ2n) is 4.86. The van der Waals surface area contributed by atoms with E-state index < -0.39 is 9.84 Å². The van der Waals surface area contributed by atoms with Crippen LogP contribution in [0.3, 0.4) is 0 Å². The number of nitrogens with one attached hydrogen (secondary N) is 1. The smallest absolute Gasteiger partial charge is 0.249 e. The van der Waals surface area contributed by atoms with E-state index in [1.807, 2.05) is 44.2 Å². The highest BCUT2D eigenvalue weighted by Gasteiger charge is 2.15. The number of aromatic nitrogens is 2. The Labute approximate surface area is 119 Å². The van der Waals surface area contributed by atoms with Gasteiger partial charge in [0.1, 0.15) is 5.82 Å². The first kappa shape index (κ1) is 14.5. The molecule has 1 heterocycles. The van der Waals surface area contributed by atoms with Crippen molar-refractivity contribution in [1.82, 2.24) is 9.97 Å². The molecule has 5 nitrogen and oxygen atoms in total. The summed E-state index contributed by atoms with van der Waals surface area (Å²) in [6.45, 7) is 3.93. The summed E-state index contributed by atoms with van der Waals surface area (Å²) in [4.78, 5) is 8.20. The lowest BCUT2D eigenvalue weighted by atomic mass is 10.1. The van der Waals surface area contributed by atoms with Gasteiger partial charge in [-0.25, -0.2) is 18.4 Å². The van der Waals surface area contributed by atoms with Crippen LogP contribution >= 0.6 is 0 Å². The first-order valence-corrected chi connectivity index (χ1v) is 8.16. The molecule has 0 aliphatic carbocycles. The monoisotopic (exact) mass is 291 g/mol. The Morgan fingerprint density at radius 3 is 2.30 bits per heavy atom. The predicted molar refractivity (Wildman–Crippen MR) is 79.3 cm³/mol. The van der Waals surface area contributed by atoms with Crippen LogP contribution in [0.15, 0.2) is 41.6 Å². The van der Waals surface area contributed by atoms with E-state index in [-0.39, 0.29) is 11.2 Å². The standard InChI is InChI=1S/C14H17N3O2S/c1-10(2)15-13-9-12(11-7-5-4-6-8-11)16-14(17-13)20(3,18)19/h4-10H,1-3H3,(H,15,16,17). The zero-order valence-electron chi connectivity index (χ0n) is 11.7. The van der Waals surface area contributed by atoms with Crippen LogP contribution in [-0.2, 0) is 9.84 Å². The molecule has 106 valence electrons. The third-order valence-corrected chi connectivity index (χ3v) is 3.39. The Kier molecular flexibility index (Phi) is 4.04. The molecule has 0 radical (unpaired) electrons. The maximum Gasteiger partial charge on any atom is 0.249 e. The van der Waals surface area contributed by atoms with Crippen molar-refractivity contribution in [3.05, 3.63) is 36.4 Å². The molecule has 0 aliphatic heterocycles. The molecule has 6 heteroatoms. The van der Waals surface area contributed by atoms with Crippen molar-refractivity contribution in [2.24, 2.45) is 0 Å². The van der Waals surface area contributed by atoms with Gasteiger partial charge in [0.25, 0.3) is 0 Å². The molecule has 0 saturated heterocycles. The second-order valence-corrected chi connectivity index (χ2v) is 6.77. The molecule has 0 spiro atoms. The van der Waals surface area contributed by atoms with Gasteiger partial charge >= 0.3 is 0 Å². The average Bonchev–Trinajstić information content (AvgIpc) is 2.37. The van der Waals surface area contributed by atoms with E-state index in [4.69, 9.17) is 0 Å². The van der Waals surface area contributed by atoms with Gasteiger partial charge in [-0.15, -0.1) is 0 Å². The normalized spacial score (nSPS) is 11.6. The van der Waals surface area contributed by atoms with E-state index in [1.165, 1.54) is 0 Å². The van der Waals surface area contributed by atoms with Crippen molar-refractivity contribution in [1.29, 1.82) is 0 Å². The Morgan fingerprint density at radius 2 is 1.75 bits per heavy atom. The van der Waals surface area contributed by atoms with Crippen LogP contribution in [0.4, 0.5) is 5.82 Å². The van der Waals surface area contributed by atoms with Crippen molar-refractivity contribution in [2.45, 2.75) is 25.0 Å². The molecule has 1 aromatic heterocycles. The van der Waals surface area contributed by atoms with Gasteiger partial charge in [-0.2, -0.15) is 0 Å². The topological polar surface area (TPSA) is 72.0 Å². The SMILES string of the molecule is CC(C)Nc1cc(-c2ccccc2)nc(S(C)(=O)=O)n1. The van der Waals surface area contributed by atoms with Gasteiger partial charge in [-0.1, -0.05) is 30.3 Å². The summed E-state index contributed by atoms with van der Waals surface area (Å²) in [5, 5.41) is 2.95. The van der Waals surface area contributed by atoms with Crippen molar-refractivity contribution in [2.75, 3.05) is 11.6 Å². The van der Waals surface area contributed by atoms with Gasteiger partial charge in [0.05, 0.1) is 5.69 Å². The molecule has 1 aromatic carbocycles. The number of sulfone groups is 1. The van der Waals surface area contributed by atoms with Crippen molar-refractivity contribution < 1.29 is 8.42 Å². The van der Waals surface area contributed by atoms with Crippen LogP contribution in [-0.4, -0.2) is 30.7 Å². The van der Waals surface area contributed by atoms with Crippen LogP contribution in [0.5, 0.6) is 0 Å². The number of hydrogen-bond acceptors (Lipinski definition) is 5. The van der Waals surface area contributed by atoms with Gasteiger partial charge in [0.15, 0.2) is 0 Å². The van der Waals surface area contributed by atoms with Gasteiger partial charge in [-0.3, -0.25) is 0 Å². The fraction of sp³-hybridized carbons (Fsp3) is 0.286. The Balaban J connectivity index is 2.57. The number of hydrogen-bond donors (Lipinski definition) is 1. The van der Waals surface area contributed by atoms with E-state index >= 15 is 0 Å². The highest BCUT2D eigenvalue weighted by Crippen LogP contribution is 2.21. The minimum Gasteiger partial charge on any atom is -0.368 e. The molecule has 1 N–H and O–H groups in total. The average molecular weight is 291 g/mol. The number of anilines is 1. The van der Waals surface area contributed by atoms with Gasteiger partial charge in [0, 0.05) is 23.9 Å².